The van der Waals surface area contributed by atoms with Gasteiger partial charge in [-0.3, -0.25) is 4.79 Å². The van der Waals surface area contributed by atoms with Crippen molar-refractivity contribution in [1.82, 2.24) is 4.72 Å². The fraction of sp³-hybridized carbons (Fsp3) is 0.364. The van der Waals surface area contributed by atoms with Crippen molar-refractivity contribution in [2.45, 2.75) is 13.5 Å². The van der Waals surface area contributed by atoms with Gasteiger partial charge < -0.3 is 10.1 Å². The van der Waals surface area contributed by atoms with E-state index in [9.17, 15) is 13.2 Å². The second kappa shape index (κ2) is 5.83. The van der Waals surface area contributed by atoms with Crippen LogP contribution in [0.4, 0.5) is 5.69 Å². The number of nitrogens with one attached hydrogen (secondary N) is 2. The normalized spacial score (nSPS) is 11.1. The van der Waals surface area contributed by atoms with Crippen LogP contribution in [-0.4, -0.2) is 27.7 Å². The number of methoxy groups -OCH3 is 1. The molecule has 100 valence electrons. The number of hydrogen-bond donors (Lipinski definition) is 2. The topological polar surface area (TPSA) is 84.5 Å². The molecule has 1 aromatic rings. The van der Waals surface area contributed by atoms with Gasteiger partial charge in [0, 0.05) is 13.5 Å². The lowest BCUT2D eigenvalue weighted by Gasteiger charge is -2.11. The van der Waals surface area contributed by atoms with E-state index in [4.69, 9.17) is 4.74 Å². The van der Waals surface area contributed by atoms with Gasteiger partial charge in [-0.25, -0.2) is 13.1 Å². The molecule has 0 saturated carbocycles. The van der Waals surface area contributed by atoms with E-state index in [2.05, 4.69) is 10.0 Å². The first kappa shape index (κ1) is 14.5. The first-order chi connectivity index (χ1) is 8.31. The number of ether oxygens (including phenoxy) is 1. The third-order valence-electron chi connectivity index (χ3n) is 2.11. The minimum atomic E-state index is -3.24. The molecule has 0 radical (unpaired) electrons. The first-order valence-electron chi connectivity index (χ1n) is 5.21. The largest absolute Gasteiger partial charge is 0.495 e. The van der Waals surface area contributed by atoms with Crippen molar-refractivity contribution in [2.75, 3.05) is 18.7 Å². The van der Waals surface area contributed by atoms with Gasteiger partial charge in [-0.1, -0.05) is 6.07 Å². The average molecular weight is 272 g/mol. The fourth-order valence-electron chi connectivity index (χ4n) is 1.37. The van der Waals surface area contributed by atoms with E-state index in [1.807, 2.05) is 0 Å². The zero-order chi connectivity index (χ0) is 13.8. The summed E-state index contributed by atoms with van der Waals surface area (Å²) >= 11 is 0. The van der Waals surface area contributed by atoms with E-state index in [1.54, 1.807) is 18.2 Å². The van der Waals surface area contributed by atoms with Crippen LogP contribution in [0.2, 0.25) is 0 Å². The zero-order valence-corrected chi connectivity index (χ0v) is 11.3. The Morgan fingerprint density at radius 3 is 2.56 bits per heavy atom. The van der Waals surface area contributed by atoms with Crippen LogP contribution in [0.15, 0.2) is 18.2 Å². The van der Waals surface area contributed by atoms with Gasteiger partial charge in [-0.15, -0.1) is 0 Å². The van der Waals surface area contributed by atoms with E-state index >= 15 is 0 Å². The molecule has 1 aromatic carbocycles. The molecule has 0 heterocycles. The van der Waals surface area contributed by atoms with Crippen LogP contribution in [0, 0.1) is 0 Å². The molecule has 0 aliphatic rings. The summed E-state index contributed by atoms with van der Waals surface area (Å²) < 4.78 is 29.4. The maximum absolute atomic E-state index is 11.0. The van der Waals surface area contributed by atoms with Gasteiger partial charge in [0.15, 0.2) is 0 Å². The third-order valence-corrected chi connectivity index (χ3v) is 2.78. The van der Waals surface area contributed by atoms with Crippen molar-refractivity contribution < 1.29 is 17.9 Å². The van der Waals surface area contributed by atoms with Gasteiger partial charge >= 0.3 is 0 Å². The Bertz CT molecular complexity index is 540. The Balaban J connectivity index is 2.92. The van der Waals surface area contributed by atoms with Gasteiger partial charge in [0.05, 0.1) is 19.1 Å². The van der Waals surface area contributed by atoms with Crippen molar-refractivity contribution in [3.05, 3.63) is 23.8 Å². The number of hydrogen-bond acceptors (Lipinski definition) is 4. The smallest absolute Gasteiger partial charge is 0.221 e. The van der Waals surface area contributed by atoms with Crippen LogP contribution < -0.4 is 14.8 Å². The minimum absolute atomic E-state index is 0.162. The maximum atomic E-state index is 11.0. The second-order valence-electron chi connectivity index (χ2n) is 3.81. The lowest BCUT2D eigenvalue weighted by atomic mass is 10.2. The van der Waals surface area contributed by atoms with Crippen LogP contribution in [-0.2, 0) is 21.4 Å². The fourth-order valence-corrected chi connectivity index (χ4v) is 1.80. The summed E-state index contributed by atoms with van der Waals surface area (Å²) in [6, 6.07) is 5.06. The van der Waals surface area contributed by atoms with Gasteiger partial charge in [0.2, 0.25) is 15.9 Å². The summed E-state index contributed by atoms with van der Waals surface area (Å²) in [6.45, 7) is 1.55. The number of sulfonamides is 1. The minimum Gasteiger partial charge on any atom is -0.495 e. The Morgan fingerprint density at radius 1 is 1.39 bits per heavy atom. The monoisotopic (exact) mass is 272 g/mol. The van der Waals surface area contributed by atoms with Crippen LogP contribution in [0.5, 0.6) is 5.75 Å². The summed E-state index contributed by atoms with van der Waals surface area (Å²) in [4.78, 5) is 11.0. The Morgan fingerprint density at radius 2 is 2.06 bits per heavy atom. The molecule has 18 heavy (non-hydrogen) atoms. The Labute approximate surface area is 106 Å². The number of carbonyl (C=O) groups excluding carboxylic acids is 1. The molecule has 0 aromatic heterocycles. The van der Waals surface area contributed by atoms with E-state index in [1.165, 1.54) is 14.0 Å². The van der Waals surface area contributed by atoms with Gasteiger partial charge in [-0.05, 0) is 17.7 Å². The molecule has 2 N–H and O–H groups in total. The van der Waals surface area contributed by atoms with Crippen LogP contribution >= 0.6 is 0 Å². The molecule has 0 spiro atoms. The first-order valence-corrected chi connectivity index (χ1v) is 7.10. The second-order valence-corrected chi connectivity index (χ2v) is 5.64. The summed E-state index contributed by atoms with van der Waals surface area (Å²) in [5.74, 6) is 0.301. The lowest BCUT2D eigenvalue weighted by molar-refractivity contribution is -0.114. The average Bonchev–Trinajstić information content (AvgIpc) is 2.25. The van der Waals surface area contributed by atoms with Gasteiger partial charge in [-0.2, -0.15) is 0 Å². The maximum Gasteiger partial charge on any atom is 0.221 e. The van der Waals surface area contributed by atoms with Crippen LogP contribution in [0.25, 0.3) is 0 Å². The summed E-state index contributed by atoms with van der Waals surface area (Å²) in [5, 5.41) is 2.62. The highest BCUT2D eigenvalue weighted by Crippen LogP contribution is 2.25. The molecular weight excluding hydrogens is 256 g/mol. The predicted molar refractivity (Wildman–Crippen MR) is 69.0 cm³/mol. The predicted octanol–water partition coefficient (Wildman–Crippen LogP) is 0.703. The molecular formula is C11H16N2O4S. The summed E-state index contributed by atoms with van der Waals surface area (Å²) in [6.07, 6.45) is 1.09. The van der Waals surface area contributed by atoms with Crippen molar-refractivity contribution >= 4 is 21.6 Å². The van der Waals surface area contributed by atoms with E-state index in [0.717, 1.165) is 11.8 Å². The lowest BCUT2D eigenvalue weighted by Crippen LogP contribution is -2.21. The van der Waals surface area contributed by atoms with E-state index in [-0.39, 0.29) is 12.5 Å². The molecule has 0 atom stereocenters. The molecule has 1 rings (SSSR count). The molecule has 0 aliphatic heterocycles. The molecule has 0 saturated heterocycles. The standard InChI is InChI=1S/C11H16N2O4S/c1-8(14)13-10-6-9(4-5-11(10)17-2)7-12-18(3,15)16/h4-6,12H,7H2,1-3H3,(H,13,14). The van der Waals surface area contributed by atoms with Gasteiger partial charge in [0.1, 0.15) is 5.75 Å². The molecule has 1 amide bonds. The highest BCUT2D eigenvalue weighted by molar-refractivity contribution is 7.88. The van der Waals surface area contributed by atoms with Crippen molar-refractivity contribution in [3.8, 4) is 5.75 Å². The molecule has 0 bridgehead atoms. The van der Waals surface area contributed by atoms with Crippen molar-refractivity contribution in [1.29, 1.82) is 0 Å². The van der Waals surface area contributed by atoms with Crippen molar-refractivity contribution in [3.63, 3.8) is 0 Å². The van der Waals surface area contributed by atoms with Crippen LogP contribution in [0.1, 0.15) is 12.5 Å². The number of anilines is 1. The van der Waals surface area contributed by atoms with Crippen molar-refractivity contribution in [2.24, 2.45) is 0 Å². The molecule has 0 aliphatic carbocycles. The highest BCUT2D eigenvalue weighted by atomic mass is 32.2. The van der Waals surface area contributed by atoms with Gasteiger partial charge in [0.25, 0.3) is 0 Å². The molecule has 7 heteroatoms. The quantitative estimate of drug-likeness (QED) is 0.826. The zero-order valence-electron chi connectivity index (χ0n) is 10.5. The molecule has 0 fully saturated rings. The number of benzene rings is 1. The van der Waals surface area contributed by atoms with E-state index < -0.39 is 10.0 Å². The molecule has 6 nitrogen and oxygen atoms in total. The van der Waals surface area contributed by atoms with Crippen LogP contribution in [0.3, 0.4) is 0 Å². The SMILES string of the molecule is COc1ccc(CNS(C)(=O)=O)cc1NC(C)=O. The summed E-state index contributed by atoms with van der Waals surface area (Å²) in [7, 11) is -1.75. The number of rotatable bonds is 5. The summed E-state index contributed by atoms with van der Waals surface area (Å²) in [5.41, 5.74) is 1.24. The Kier molecular flexibility index (Phi) is 4.69. The number of carbonyl (C=O) groups is 1. The third kappa shape index (κ3) is 4.72. The molecule has 0 unspecified atom stereocenters. The van der Waals surface area contributed by atoms with E-state index in [0.29, 0.717) is 11.4 Å². The number of amides is 1. The highest BCUT2D eigenvalue weighted by Gasteiger charge is 2.07. The Hall–Kier alpha value is -1.60.